The van der Waals surface area contributed by atoms with Crippen molar-refractivity contribution in [2.24, 2.45) is 0 Å². The number of anilines is 1. The minimum Gasteiger partial charge on any atom is -0.355 e. The van der Waals surface area contributed by atoms with Gasteiger partial charge in [-0.3, -0.25) is 4.79 Å². The number of rotatable bonds is 2. The highest BCUT2D eigenvalue weighted by Gasteiger charge is 2.20. The standard InChI is InChI=1S/C13H19N3O/c1-4-12-9(2)13(15-10(3)14-12)16-7-5-11(17)6-8-16/h4-8H2,1-3H3. The zero-order valence-corrected chi connectivity index (χ0v) is 10.8. The average Bonchev–Trinajstić information content (AvgIpc) is 2.33. The average molecular weight is 233 g/mol. The van der Waals surface area contributed by atoms with Crippen molar-refractivity contribution in [1.82, 2.24) is 9.97 Å². The van der Waals surface area contributed by atoms with E-state index < -0.39 is 0 Å². The van der Waals surface area contributed by atoms with E-state index in [4.69, 9.17) is 0 Å². The van der Waals surface area contributed by atoms with Crippen molar-refractivity contribution in [1.29, 1.82) is 0 Å². The van der Waals surface area contributed by atoms with Crippen LogP contribution in [0.5, 0.6) is 0 Å². The second kappa shape index (κ2) is 4.82. The highest BCUT2D eigenvalue weighted by atomic mass is 16.1. The van der Waals surface area contributed by atoms with Crippen LogP contribution in [-0.4, -0.2) is 28.8 Å². The first-order valence-electron chi connectivity index (χ1n) is 6.22. The molecule has 1 fully saturated rings. The van der Waals surface area contributed by atoms with Gasteiger partial charge in [0.2, 0.25) is 0 Å². The molecule has 1 aromatic rings. The molecule has 2 rings (SSSR count). The molecular formula is C13H19N3O. The summed E-state index contributed by atoms with van der Waals surface area (Å²) in [5.74, 6) is 2.20. The summed E-state index contributed by atoms with van der Waals surface area (Å²) >= 11 is 0. The molecule has 0 aromatic carbocycles. The van der Waals surface area contributed by atoms with E-state index >= 15 is 0 Å². The van der Waals surface area contributed by atoms with Crippen LogP contribution < -0.4 is 4.90 Å². The number of piperidine rings is 1. The van der Waals surface area contributed by atoms with Crippen LogP contribution in [0.25, 0.3) is 0 Å². The van der Waals surface area contributed by atoms with Gasteiger partial charge in [-0.2, -0.15) is 0 Å². The topological polar surface area (TPSA) is 46.1 Å². The maximum Gasteiger partial charge on any atom is 0.136 e. The van der Waals surface area contributed by atoms with E-state index in [0.717, 1.165) is 42.4 Å². The fraction of sp³-hybridized carbons (Fsp3) is 0.615. The van der Waals surface area contributed by atoms with E-state index in [1.165, 1.54) is 0 Å². The highest BCUT2D eigenvalue weighted by Crippen LogP contribution is 2.22. The minimum atomic E-state index is 0.361. The Morgan fingerprint density at radius 3 is 2.41 bits per heavy atom. The number of nitrogens with zero attached hydrogens (tertiary/aromatic N) is 3. The molecule has 0 bridgehead atoms. The van der Waals surface area contributed by atoms with Gasteiger partial charge in [0, 0.05) is 37.2 Å². The molecule has 0 N–H and O–H groups in total. The monoisotopic (exact) mass is 233 g/mol. The molecular weight excluding hydrogens is 214 g/mol. The Labute approximate surface area is 102 Å². The lowest BCUT2D eigenvalue weighted by Crippen LogP contribution is -2.35. The third-order valence-electron chi connectivity index (χ3n) is 3.29. The molecule has 1 saturated heterocycles. The van der Waals surface area contributed by atoms with Crippen LogP contribution in [0, 0.1) is 13.8 Å². The number of Topliss-reactive ketones (excluding diaryl/α,β-unsaturated/α-hetero) is 1. The molecule has 0 saturated carbocycles. The lowest BCUT2D eigenvalue weighted by atomic mass is 10.1. The van der Waals surface area contributed by atoms with Gasteiger partial charge in [-0.1, -0.05) is 6.92 Å². The maximum atomic E-state index is 11.3. The van der Waals surface area contributed by atoms with Crippen LogP contribution in [-0.2, 0) is 11.2 Å². The van der Waals surface area contributed by atoms with Gasteiger partial charge in [0.15, 0.2) is 0 Å². The van der Waals surface area contributed by atoms with E-state index in [0.29, 0.717) is 18.6 Å². The molecule has 0 atom stereocenters. The van der Waals surface area contributed by atoms with Gasteiger partial charge in [-0.15, -0.1) is 0 Å². The Kier molecular flexibility index (Phi) is 3.41. The van der Waals surface area contributed by atoms with Gasteiger partial charge in [-0.05, 0) is 20.3 Å². The molecule has 0 aliphatic carbocycles. The van der Waals surface area contributed by atoms with Crippen molar-refractivity contribution in [2.45, 2.75) is 40.0 Å². The van der Waals surface area contributed by atoms with Crippen LogP contribution in [0.1, 0.15) is 36.8 Å². The molecule has 1 aliphatic heterocycles. The Morgan fingerprint density at radius 2 is 1.82 bits per heavy atom. The van der Waals surface area contributed by atoms with Crippen LogP contribution in [0.15, 0.2) is 0 Å². The lowest BCUT2D eigenvalue weighted by molar-refractivity contribution is -0.119. The van der Waals surface area contributed by atoms with Gasteiger partial charge in [0.05, 0.1) is 0 Å². The van der Waals surface area contributed by atoms with Gasteiger partial charge in [0.25, 0.3) is 0 Å². The first kappa shape index (κ1) is 12.0. The zero-order chi connectivity index (χ0) is 12.4. The molecule has 4 nitrogen and oxygen atoms in total. The largest absolute Gasteiger partial charge is 0.355 e. The second-order valence-corrected chi connectivity index (χ2v) is 4.55. The van der Waals surface area contributed by atoms with E-state index in [1.807, 2.05) is 6.92 Å². The van der Waals surface area contributed by atoms with Crippen LogP contribution in [0.2, 0.25) is 0 Å². The highest BCUT2D eigenvalue weighted by molar-refractivity contribution is 5.81. The van der Waals surface area contributed by atoms with Crippen LogP contribution in [0.4, 0.5) is 5.82 Å². The predicted octanol–water partition coefficient (Wildman–Crippen LogP) is 1.83. The van der Waals surface area contributed by atoms with E-state index in [1.54, 1.807) is 0 Å². The number of hydrogen-bond acceptors (Lipinski definition) is 4. The number of ketones is 1. The first-order chi connectivity index (χ1) is 8.11. The Bertz CT molecular complexity index is 433. The van der Waals surface area contributed by atoms with Crippen molar-refractivity contribution in [3.63, 3.8) is 0 Å². The normalized spacial score (nSPS) is 16.4. The summed E-state index contributed by atoms with van der Waals surface area (Å²) in [4.78, 5) is 22.5. The molecule has 17 heavy (non-hydrogen) atoms. The molecule has 1 aromatic heterocycles. The molecule has 4 heteroatoms. The van der Waals surface area contributed by atoms with Crippen molar-refractivity contribution < 1.29 is 4.79 Å². The van der Waals surface area contributed by atoms with Crippen LogP contribution >= 0.6 is 0 Å². The molecule has 0 spiro atoms. The molecule has 0 unspecified atom stereocenters. The summed E-state index contributed by atoms with van der Waals surface area (Å²) in [6.45, 7) is 7.69. The SMILES string of the molecule is CCc1nc(C)nc(N2CCC(=O)CC2)c1C. The number of carbonyl (C=O) groups excluding carboxylic acids is 1. The number of carbonyl (C=O) groups is 1. The van der Waals surface area contributed by atoms with Crippen molar-refractivity contribution in [3.05, 3.63) is 17.1 Å². The van der Waals surface area contributed by atoms with E-state index in [-0.39, 0.29) is 0 Å². The first-order valence-corrected chi connectivity index (χ1v) is 6.22. The Hall–Kier alpha value is -1.45. The second-order valence-electron chi connectivity index (χ2n) is 4.55. The summed E-state index contributed by atoms with van der Waals surface area (Å²) in [5, 5.41) is 0. The Balaban J connectivity index is 2.31. The smallest absolute Gasteiger partial charge is 0.136 e. The van der Waals surface area contributed by atoms with Crippen molar-refractivity contribution >= 4 is 11.6 Å². The fourth-order valence-corrected chi connectivity index (χ4v) is 2.29. The van der Waals surface area contributed by atoms with E-state index in [9.17, 15) is 4.79 Å². The molecule has 1 aliphatic rings. The summed E-state index contributed by atoms with van der Waals surface area (Å²) in [6, 6.07) is 0. The van der Waals surface area contributed by atoms with Crippen molar-refractivity contribution in [2.75, 3.05) is 18.0 Å². The van der Waals surface area contributed by atoms with Gasteiger partial charge < -0.3 is 4.90 Å². The number of aryl methyl sites for hydroxylation is 2. The maximum absolute atomic E-state index is 11.3. The minimum absolute atomic E-state index is 0.361. The lowest BCUT2D eigenvalue weighted by Gasteiger charge is -2.29. The third-order valence-corrected chi connectivity index (χ3v) is 3.29. The predicted molar refractivity (Wildman–Crippen MR) is 67.3 cm³/mol. The van der Waals surface area contributed by atoms with Crippen LogP contribution in [0.3, 0.4) is 0 Å². The summed E-state index contributed by atoms with van der Waals surface area (Å²) in [5.41, 5.74) is 2.27. The van der Waals surface area contributed by atoms with Crippen molar-refractivity contribution in [3.8, 4) is 0 Å². The number of aromatic nitrogens is 2. The fourth-order valence-electron chi connectivity index (χ4n) is 2.29. The van der Waals surface area contributed by atoms with Gasteiger partial charge in [-0.25, -0.2) is 9.97 Å². The number of hydrogen-bond donors (Lipinski definition) is 0. The van der Waals surface area contributed by atoms with Gasteiger partial charge >= 0.3 is 0 Å². The summed E-state index contributed by atoms with van der Waals surface area (Å²) in [7, 11) is 0. The quantitative estimate of drug-likeness (QED) is 0.781. The summed E-state index contributed by atoms with van der Waals surface area (Å²) in [6.07, 6.45) is 2.21. The third kappa shape index (κ3) is 2.46. The zero-order valence-electron chi connectivity index (χ0n) is 10.8. The van der Waals surface area contributed by atoms with E-state index in [2.05, 4.69) is 28.7 Å². The molecule has 0 amide bonds. The molecule has 0 radical (unpaired) electrons. The molecule has 92 valence electrons. The Morgan fingerprint density at radius 1 is 1.18 bits per heavy atom. The molecule has 2 heterocycles. The van der Waals surface area contributed by atoms with Gasteiger partial charge in [0.1, 0.15) is 17.4 Å². The summed E-state index contributed by atoms with van der Waals surface area (Å²) < 4.78 is 0.